The zero-order valence-corrected chi connectivity index (χ0v) is 9.69. The maximum Gasteiger partial charge on any atom is 0.242 e. The molecule has 1 aromatic rings. The predicted octanol–water partition coefficient (Wildman–Crippen LogP) is 2.61. The first kappa shape index (κ1) is 11.5. The topological polar surface area (TPSA) is 29.1 Å². The van der Waals surface area contributed by atoms with Crippen LogP contribution < -0.4 is 5.32 Å². The Morgan fingerprint density at radius 1 is 1.64 bits per heavy atom. The minimum atomic E-state index is -0.884. The third kappa shape index (κ3) is 2.45. The first-order valence-corrected chi connectivity index (χ1v) is 5.10. The Balaban J connectivity index is 3.05. The quantitative estimate of drug-likeness (QED) is 0.829. The van der Waals surface area contributed by atoms with E-state index in [4.69, 9.17) is 11.6 Å². The minimum absolute atomic E-state index is 0.363. The van der Waals surface area contributed by atoms with Crippen LogP contribution in [0, 0.1) is 5.82 Å². The predicted molar refractivity (Wildman–Crippen MR) is 56.8 cm³/mol. The number of rotatable bonds is 2. The van der Waals surface area contributed by atoms with Crippen molar-refractivity contribution in [3.63, 3.8) is 0 Å². The summed E-state index contributed by atoms with van der Waals surface area (Å²) in [7, 11) is 1.48. The van der Waals surface area contributed by atoms with Crippen molar-refractivity contribution in [3.05, 3.63) is 34.1 Å². The van der Waals surface area contributed by atoms with Crippen LogP contribution in [0.2, 0.25) is 0 Å². The highest BCUT2D eigenvalue weighted by molar-refractivity contribution is 9.10. The van der Waals surface area contributed by atoms with E-state index in [-0.39, 0.29) is 5.91 Å². The van der Waals surface area contributed by atoms with Crippen molar-refractivity contribution in [1.82, 2.24) is 5.32 Å². The van der Waals surface area contributed by atoms with E-state index < -0.39 is 11.2 Å². The average molecular weight is 281 g/mol. The van der Waals surface area contributed by atoms with Crippen molar-refractivity contribution >= 4 is 33.4 Å². The molecule has 0 saturated heterocycles. The first-order chi connectivity index (χ1) is 6.56. The molecule has 0 spiro atoms. The average Bonchev–Trinajstić information content (AvgIpc) is 2.19. The lowest BCUT2D eigenvalue weighted by molar-refractivity contribution is -0.120. The number of hydrogen-bond acceptors (Lipinski definition) is 1. The zero-order valence-electron chi connectivity index (χ0n) is 7.35. The van der Waals surface area contributed by atoms with Crippen molar-refractivity contribution in [2.75, 3.05) is 7.05 Å². The Kier molecular flexibility index (Phi) is 3.89. The van der Waals surface area contributed by atoms with E-state index in [1.54, 1.807) is 0 Å². The fourth-order valence-corrected chi connectivity index (χ4v) is 1.87. The Morgan fingerprint density at radius 3 is 2.86 bits per heavy atom. The van der Waals surface area contributed by atoms with Gasteiger partial charge in [-0.2, -0.15) is 0 Å². The third-order valence-electron chi connectivity index (χ3n) is 1.71. The number of alkyl halides is 1. The van der Waals surface area contributed by atoms with Gasteiger partial charge in [0.15, 0.2) is 0 Å². The van der Waals surface area contributed by atoms with E-state index in [1.807, 2.05) is 0 Å². The Labute approximate surface area is 94.6 Å². The van der Waals surface area contributed by atoms with Gasteiger partial charge in [0.1, 0.15) is 11.2 Å². The Morgan fingerprint density at radius 2 is 2.29 bits per heavy atom. The molecule has 0 aliphatic heterocycles. The second kappa shape index (κ2) is 4.75. The van der Waals surface area contributed by atoms with Gasteiger partial charge in [-0.1, -0.05) is 15.9 Å². The normalized spacial score (nSPS) is 12.3. The molecule has 1 amide bonds. The molecule has 1 unspecified atom stereocenters. The molecule has 0 aliphatic carbocycles. The lowest BCUT2D eigenvalue weighted by Gasteiger charge is -2.10. The molecule has 0 aliphatic rings. The molecule has 0 fully saturated rings. The van der Waals surface area contributed by atoms with Crippen LogP contribution in [0.3, 0.4) is 0 Å². The summed E-state index contributed by atoms with van der Waals surface area (Å²) in [6.45, 7) is 0. The van der Waals surface area contributed by atoms with Gasteiger partial charge in [0, 0.05) is 11.5 Å². The lowest BCUT2D eigenvalue weighted by Crippen LogP contribution is -2.22. The fourth-order valence-electron chi connectivity index (χ4n) is 0.977. The van der Waals surface area contributed by atoms with Crippen LogP contribution in [-0.4, -0.2) is 13.0 Å². The summed E-state index contributed by atoms with van der Waals surface area (Å²) in [5.41, 5.74) is 0.422. The molecule has 5 heteroatoms. The number of carbonyl (C=O) groups is 1. The summed E-state index contributed by atoms with van der Waals surface area (Å²) in [5.74, 6) is -0.782. The standard InChI is InChI=1S/C9H8BrClFNO/c1-13-9(14)8(11)6-4-5(12)2-3-7(6)10/h2-4,8H,1H3,(H,13,14). The number of nitrogens with one attached hydrogen (secondary N) is 1. The first-order valence-electron chi connectivity index (χ1n) is 3.87. The molecule has 0 heterocycles. The second-order valence-corrected chi connectivity index (χ2v) is 3.93. The third-order valence-corrected chi connectivity index (χ3v) is 2.86. The van der Waals surface area contributed by atoms with E-state index >= 15 is 0 Å². The molecule has 0 saturated carbocycles. The number of benzene rings is 1. The van der Waals surface area contributed by atoms with Crippen molar-refractivity contribution < 1.29 is 9.18 Å². The van der Waals surface area contributed by atoms with Gasteiger partial charge in [0.2, 0.25) is 5.91 Å². The van der Waals surface area contributed by atoms with Gasteiger partial charge >= 0.3 is 0 Å². The van der Waals surface area contributed by atoms with Gasteiger partial charge in [-0.05, 0) is 23.8 Å². The molecule has 76 valence electrons. The molecule has 1 N–H and O–H groups in total. The summed E-state index contributed by atoms with van der Waals surface area (Å²) >= 11 is 9.02. The van der Waals surface area contributed by atoms with Gasteiger partial charge < -0.3 is 5.32 Å². The largest absolute Gasteiger partial charge is 0.358 e. The van der Waals surface area contributed by atoms with Crippen LogP contribution in [0.25, 0.3) is 0 Å². The Hall–Kier alpha value is -0.610. The molecule has 0 radical (unpaired) electrons. The number of halogens is 3. The molecule has 1 rings (SSSR count). The highest BCUT2D eigenvalue weighted by Crippen LogP contribution is 2.28. The van der Waals surface area contributed by atoms with E-state index in [9.17, 15) is 9.18 Å². The minimum Gasteiger partial charge on any atom is -0.358 e. The van der Waals surface area contributed by atoms with Gasteiger partial charge in [0.25, 0.3) is 0 Å². The molecule has 1 aromatic carbocycles. The molecule has 2 nitrogen and oxygen atoms in total. The highest BCUT2D eigenvalue weighted by atomic mass is 79.9. The molecule has 0 bridgehead atoms. The molecule has 1 atom stereocenters. The van der Waals surface area contributed by atoms with Crippen molar-refractivity contribution in [1.29, 1.82) is 0 Å². The number of likely N-dealkylation sites (N-methyl/N-ethyl adjacent to an activating group) is 1. The van der Waals surface area contributed by atoms with Crippen molar-refractivity contribution in [2.45, 2.75) is 5.38 Å². The van der Waals surface area contributed by atoms with Crippen LogP contribution in [0.5, 0.6) is 0 Å². The van der Waals surface area contributed by atoms with Crippen LogP contribution in [0.4, 0.5) is 4.39 Å². The fraction of sp³-hybridized carbons (Fsp3) is 0.222. The van der Waals surface area contributed by atoms with E-state index in [2.05, 4.69) is 21.2 Å². The summed E-state index contributed by atoms with van der Waals surface area (Å²) < 4.78 is 13.5. The van der Waals surface area contributed by atoms with E-state index in [0.717, 1.165) is 0 Å². The second-order valence-electron chi connectivity index (χ2n) is 2.64. The highest BCUT2D eigenvalue weighted by Gasteiger charge is 2.19. The summed E-state index contributed by atoms with van der Waals surface area (Å²) in [5, 5.41) is 1.51. The van der Waals surface area contributed by atoms with Gasteiger partial charge in [-0.15, -0.1) is 11.6 Å². The number of carbonyl (C=O) groups excluding carboxylic acids is 1. The molecule has 0 aromatic heterocycles. The van der Waals surface area contributed by atoms with Crippen molar-refractivity contribution in [2.24, 2.45) is 0 Å². The summed E-state index contributed by atoms with van der Waals surface area (Å²) in [4.78, 5) is 11.2. The van der Waals surface area contributed by atoms with Gasteiger partial charge in [-0.25, -0.2) is 4.39 Å². The van der Waals surface area contributed by atoms with Crippen LogP contribution in [0.15, 0.2) is 22.7 Å². The van der Waals surface area contributed by atoms with Gasteiger partial charge in [-0.3, -0.25) is 4.79 Å². The SMILES string of the molecule is CNC(=O)C(Cl)c1cc(F)ccc1Br. The van der Waals surface area contributed by atoms with Gasteiger partial charge in [0.05, 0.1) is 0 Å². The van der Waals surface area contributed by atoms with E-state index in [0.29, 0.717) is 10.0 Å². The van der Waals surface area contributed by atoms with Crippen LogP contribution >= 0.6 is 27.5 Å². The summed E-state index contributed by atoms with van der Waals surface area (Å²) in [6.07, 6.45) is 0. The van der Waals surface area contributed by atoms with Crippen LogP contribution in [-0.2, 0) is 4.79 Å². The summed E-state index contributed by atoms with van der Waals surface area (Å²) in [6, 6.07) is 4.04. The molecular formula is C9H8BrClFNO. The van der Waals surface area contributed by atoms with E-state index in [1.165, 1.54) is 25.2 Å². The smallest absolute Gasteiger partial charge is 0.242 e. The van der Waals surface area contributed by atoms with Crippen molar-refractivity contribution in [3.8, 4) is 0 Å². The molecular weight excluding hydrogens is 272 g/mol. The van der Waals surface area contributed by atoms with Crippen LogP contribution in [0.1, 0.15) is 10.9 Å². The maximum absolute atomic E-state index is 12.9. The number of hydrogen-bond donors (Lipinski definition) is 1. The Bertz CT molecular complexity index is 359. The molecule has 14 heavy (non-hydrogen) atoms. The monoisotopic (exact) mass is 279 g/mol. The number of amides is 1. The maximum atomic E-state index is 12.9. The zero-order chi connectivity index (χ0) is 10.7. The lowest BCUT2D eigenvalue weighted by atomic mass is 10.1.